The van der Waals surface area contributed by atoms with Crippen LogP contribution < -0.4 is 0 Å². The number of benzene rings is 2. The second kappa shape index (κ2) is 6.86. The van der Waals surface area contributed by atoms with Crippen LogP contribution in [-0.4, -0.2) is 18.9 Å². The fraction of sp³-hybridized carbons (Fsp3) is 0.0588. The molecule has 0 atom stereocenters. The van der Waals surface area contributed by atoms with Gasteiger partial charge in [-0.3, -0.25) is 4.79 Å². The van der Waals surface area contributed by atoms with Crippen LogP contribution in [0.4, 0.5) is 0 Å². The van der Waals surface area contributed by atoms with Gasteiger partial charge in [-0.15, -0.1) is 0 Å². The first-order chi connectivity index (χ1) is 10.1. The van der Waals surface area contributed by atoms with Crippen LogP contribution in [0.25, 0.3) is 6.08 Å². The van der Waals surface area contributed by atoms with E-state index in [1.165, 1.54) is 25.3 Å². The minimum absolute atomic E-state index is 0.160. The molecular weight excluding hydrogens is 288 g/mol. The van der Waals surface area contributed by atoms with Crippen molar-refractivity contribution in [2.75, 3.05) is 7.11 Å². The maximum Gasteiger partial charge on any atom is 0.338 e. The second-order valence-electron chi connectivity index (χ2n) is 4.29. The van der Waals surface area contributed by atoms with E-state index in [1.807, 2.05) is 30.3 Å². The number of ether oxygens (including phenoxy) is 1. The summed E-state index contributed by atoms with van der Waals surface area (Å²) in [5, 5.41) is 0.374. The van der Waals surface area contributed by atoms with Crippen LogP contribution in [0, 0.1) is 0 Å². The lowest BCUT2D eigenvalue weighted by Crippen LogP contribution is -2.09. The van der Waals surface area contributed by atoms with Crippen molar-refractivity contribution in [3.05, 3.63) is 76.3 Å². The summed E-state index contributed by atoms with van der Waals surface area (Å²) in [5.74, 6) is -0.870. The van der Waals surface area contributed by atoms with Crippen LogP contribution in [0.5, 0.6) is 0 Å². The molecule has 21 heavy (non-hydrogen) atoms. The quantitative estimate of drug-likeness (QED) is 0.486. The van der Waals surface area contributed by atoms with E-state index in [-0.39, 0.29) is 16.9 Å². The molecule has 0 aliphatic carbocycles. The molecule has 2 aromatic carbocycles. The van der Waals surface area contributed by atoms with Gasteiger partial charge in [0.05, 0.1) is 12.7 Å². The Balaban J connectivity index is 2.31. The van der Waals surface area contributed by atoms with Crippen molar-refractivity contribution in [1.29, 1.82) is 0 Å². The standard InChI is InChI=1S/C17H13ClO3/c1-21-17(20)15-11-13(18)8-9-14(15)16(19)10-7-12-5-3-2-4-6-12/h2-11H,1H3. The molecule has 4 heteroatoms. The molecule has 0 aliphatic heterocycles. The van der Waals surface area contributed by atoms with Crippen molar-refractivity contribution in [3.8, 4) is 0 Å². The van der Waals surface area contributed by atoms with Crippen molar-refractivity contribution in [1.82, 2.24) is 0 Å². The van der Waals surface area contributed by atoms with Gasteiger partial charge in [-0.1, -0.05) is 48.0 Å². The lowest BCUT2D eigenvalue weighted by Gasteiger charge is -2.05. The summed E-state index contributed by atoms with van der Waals surface area (Å²) in [5.41, 5.74) is 1.32. The molecule has 2 aromatic rings. The van der Waals surface area contributed by atoms with Crippen LogP contribution in [0.3, 0.4) is 0 Å². The number of halogens is 1. The van der Waals surface area contributed by atoms with E-state index in [1.54, 1.807) is 12.1 Å². The molecule has 0 N–H and O–H groups in total. The van der Waals surface area contributed by atoms with Gasteiger partial charge in [0.15, 0.2) is 5.78 Å². The molecule has 0 spiro atoms. The summed E-state index contributed by atoms with van der Waals surface area (Å²) in [6.45, 7) is 0. The monoisotopic (exact) mass is 300 g/mol. The van der Waals surface area contributed by atoms with E-state index in [2.05, 4.69) is 4.74 Å². The van der Waals surface area contributed by atoms with Crippen molar-refractivity contribution in [3.63, 3.8) is 0 Å². The third-order valence-electron chi connectivity index (χ3n) is 2.88. The zero-order chi connectivity index (χ0) is 15.2. The zero-order valence-corrected chi connectivity index (χ0v) is 12.1. The Bertz CT molecular complexity index is 690. The van der Waals surface area contributed by atoms with Gasteiger partial charge in [0.25, 0.3) is 0 Å². The Morgan fingerprint density at radius 2 is 1.76 bits per heavy atom. The van der Waals surface area contributed by atoms with Gasteiger partial charge in [-0.2, -0.15) is 0 Å². The first-order valence-electron chi connectivity index (χ1n) is 6.27. The van der Waals surface area contributed by atoms with E-state index in [4.69, 9.17) is 11.6 Å². The highest BCUT2D eigenvalue weighted by Crippen LogP contribution is 2.18. The first-order valence-corrected chi connectivity index (χ1v) is 6.65. The maximum atomic E-state index is 12.2. The Morgan fingerprint density at radius 3 is 2.43 bits per heavy atom. The Hall–Kier alpha value is -2.39. The number of allylic oxidation sites excluding steroid dienone is 1. The van der Waals surface area contributed by atoms with Crippen LogP contribution in [0.1, 0.15) is 26.3 Å². The second-order valence-corrected chi connectivity index (χ2v) is 4.73. The molecule has 2 rings (SSSR count). The van der Waals surface area contributed by atoms with Crippen molar-refractivity contribution in [2.45, 2.75) is 0 Å². The molecule has 106 valence electrons. The normalized spacial score (nSPS) is 10.6. The molecule has 0 aliphatic rings. The van der Waals surface area contributed by atoms with Crippen molar-refractivity contribution in [2.24, 2.45) is 0 Å². The van der Waals surface area contributed by atoms with E-state index in [9.17, 15) is 9.59 Å². The predicted octanol–water partition coefficient (Wildman–Crippen LogP) is 4.02. The van der Waals surface area contributed by atoms with E-state index < -0.39 is 5.97 Å². The van der Waals surface area contributed by atoms with Gasteiger partial charge in [0.1, 0.15) is 0 Å². The third kappa shape index (κ3) is 3.80. The molecule has 0 fully saturated rings. The fourth-order valence-electron chi connectivity index (χ4n) is 1.84. The van der Waals surface area contributed by atoms with E-state index >= 15 is 0 Å². The summed E-state index contributed by atoms with van der Waals surface area (Å²) in [6.07, 6.45) is 3.11. The largest absolute Gasteiger partial charge is 0.465 e. The minimum Gasteiger partial charge on any atom is -0.465 e. The summed E-state index contributed by atoms with van der Waals surface area (Å²) < 4.78 is 4.67. The Morgan fingerprint density at radius 1 is 1.05 bits per heavy atom. The molecule has 0 bridgehead atoms. The Labute approximate surface area is 127 Å². The van der Waals surface area contributed by atoms with Gasteiger partial charge in [-0.05, 0) is 29.8 Å². The third-order valence-corrected chi connectivity index (χ3v) is 3.11. The predicted molar refractivity (Wildman–Crippen MR) is 82.6 cm³/mol. The summed E-state index contributed by atoms with van der Waals surface area (Å²) in [4.78, 5) is 23.9. The minimum atomic E-state index is -0.589. The lowest BCUT2D eigenvalue weighted by molar-refractivity contribution is 0.0597. The summed E-state index contributed by atoms with van der Waals surface area (Å²) in [6, 6.07) is 13.9. The van der Waals surface area contributed by atoms with Crippen LogP contribution in [0.2, 0.25) is 5.02 Å². The highest BCUT2D eigenvalue weighted by atomic mass is 35.5. The maximum absolute atomic E-state index is 12.2. The average molecular weight is 301 g/mol. The Kier molecular flexibility index (Phi) is 4.90. The zero-order valence-electron chi connectivity index (χ0n) is 11.4. The number of hydrogen-bond donors (Lipinski definition) is 0. The van der Waals surface area contributed by atoms with Crippen LogP contribution >= 0.6 is 11.6 Å². The van der Waals surface area contributed by atoms with Gasteiger partial charge in [-0.25, -0.2) is 4.79 Å². The molecule has 0 saturated carbocycles. The van der Waals surface area contributed by atoms with E-state index in [0.717, 1.165) is 5.56 Å². The van der Waals surface area contributed by atoms with Crippen LogP contribution in [-0.2, 0) is 4.74 Å². The topological polar surface area (TPSA) is 43.4 Å². The highest BCUT2D eigenvalue weighted by Gasteiger charge is 2.16. The van der Waals surface area contributed by atoms with Crippen LogP contribution in [0.15, 0.2) is 54.6 Å². The van der Waals surface area contributed by atoms with E-state index in [0.29, 0.717) is 5.02 Å². The molecule has 3 nitrogen and oxygen atoms in total. The smallest absolute Gasteiger partial charge is 0.338 e. The fourth-order valence-corrected chi connectivity index (χ4v) is 2.01. The first kappa shape index (κ1) is 15.0. The lowest BCUT2D eigenvalue weighted by atomic mass is 10.0. The molecule has 0 radical (unpaired) electrons. The summed E-state index contributed by atoms with van der Waals surface area (Å²) in [7, 11) is 1.26. The molecule has 0 amide bonds. The number of methoxy groups -OCH3 is 1. The number of esters is 1. The van der Waals surface area contributed by atoms with Crippen molar-refractivity contribution >= 4 is 29.4 Å². The number of carbonyl (C=O) groups excluding carboxylic acids is 2. The summed E-state index contributed by atoms with van der Waals surface area (Å²) >= 11 is 5.86. The highest BCUT2D eigenvalue weighted by molar-refractivity contribution is 6.31. The van der Waals surface area contributed by atoms with Gasteiger partial charge in [0.2, 0.25) is 0 Å². The SMILES string of the molecule is COC(=O)c1cc(Cl)ccc1C(=O)C=Cc1ccccc1. The van der Waals surface area contributed by atoms with Crippen molar-refractivity contribution < 1.29 is 14.3 Å². The molecule has 0 saturated heterocycles. The van der Waals surface area contributed by atoms with Gasteiger partial charge < -0.3 is 4.74 Å². The molecule has 0 heterocycles. The molecule has 0 aromatic heterocycles. The number of ketones is 1. The van der Waals surface area contributed by atoms with Gasteiger partial charge >= 0.3 is 5.97 Å². The van der Waals surface area contributed by atoms with Gasteiger partial charge in [0, 0.05) is 10.6 Å². The molecular formula is C17H13ClO3. The number of carbonyl (C=O) groups is 2. The number of hydrogen-bond acceptors (Lipinski definition) is 3. The molecule has 0 unspecified atom stereocenters. The number of rotatable bonds is 4. The average Bonchev–Trinajstić information content (AvgIpc) is 2.52.